The number of hydrogen-bond donors (Lipinski definition) is 1. The molecule has 0 saturated carbocycles. The van der Waals surface area contributed by atoms with Gasteiger partial charge >= 0.3 is 0 Å². The second kappa shape index (κ2) is 8.21. The number of aryl methyl sites for hydroxylation is 3. The van der Waals surface area contributed by atoms with E-state index in [1.54, 1.807) is 12.3 Å². The fraction of sp³-hybridized carbons (Fsp3) is 0.333. The summed E-state index contributed by atoms with van der Waals surface area (Å²) in [6, 6.07) is 14.3. The molecule has 2 aromatic carbocycles. The molecule has 0 aliphatic carbocycles. The first-order valence-corrected chi connectivity index (χ1v) is 10.2. The van der Waals surface area contributed by atoms with E-state index in [0.29, 0.717) is 5.75 Å². The van der Waals surface area contributed by atoms with E-state index in [2.05, 4.69) is 57.0 Å². The van der Waals surface area contributed by atoms with Crippen LogP contribution in [0.4, 0.5) is 5.69 Å². The molecule has 1 aliphatic rings. The van der Waals surface area contributed by atoms with Gasteiger partial charge in [-0.05, 0) is 50.6 Å². The van der Waals surface area contributed by atoms with Crippen LogP contribution in [0.5, 0.6) is 5.75 Å². The molecule has 1 aliphatic heterocycles. The second-order valence-electron chi connectivity index (χ2n) is 7.84. The third-order valence-corrected chi connectivity index (χ3v) is 5.65. The third-order valence-electron chi connectivity index (χ3n) is 5.65. The quantitative estimate of drug-likeness (QED) is 0.729. The van der Waals surface area contributed by atoms with E-state index in [0.717, 1.165) is 60.9 Å². The predicted octanol–water partition coefficient (Wildman–Crippen LogP) is 4.10. The highest BCUT2D eigenvalue weighted by Crippen LogP contribution is 2.28. The van der Waals surface area contributed by atoms with E-state index < -0.39 is 0 Å². The van der Waals surface area contributed by atoms with Crippen molar-refractivity contribution in [1.29, 1.82) is 0 Å². The Labute approximate surface area is 172 Å². The van der Waals surface area contributed by atoms with Crippen LogP contribution in [-0.2, 0) is 6.54 Å². The van der Waals surface area contributed by atoms with Crippen LogP contribution in [0.2, 0.25) is 0 Å². The van der Waals surface area contributed by atoms with Gasteiger partial charge < -0.3 is 10.0 Å². The molecule has 0 bridgehead atoms. The molecule has 0 atom stereocenters. The highest BCUT2D eigenvalue weighted by atomic mass is 16.3. The summed E-state index contributed by atoms with van der Waals surface area (Å²) < 4.78 is 0. The molecule has 0 unspecified atom stereocenters. The van der Waals surface area contributed by atoms with E-state index in [1.807, 2.05) is 19.9 Å². The van der Waals surface area contributed by atoms with Gasteiger partial charge in [0.1, 0.15) is 5.75 Å². The zero-order valence-electron chi connectivity index (χ0n) is 17.4. The summed E-state index contributed by atoms with van der Waals surface area (Å²) in [6.07, 6.45) is 1.79. The molecular formula is C24H28N4O. The SMILES string of the molecule is Cc1cnc(C)c(-c2ccc(O)c(CN3CCN(c4ccccc4C)CC3)c2)n1. The Morgan fingerprint density at radius 3 is 2.48 bits per heavy atom. The van der Waals surface area contributed by atoms with Gasteiger partial charge in [0.05, 0.1) is 17.1 Å². The van der Waals surface area contributed by atoms with Gasteiger partial charge in [0, 0.05) is 55.7 Å². The number of aromatic nitrogens is 2. The Balaban J connectivity index is 1.48. The number of aromatic hydroxyl groups is 1. The average molecular weight is 389 g/mol. The topological polar surface area (TPSA) is 52.5 Å². The number of piperazine rings is 1. The summed E-state index contributed by atoms with van der Waals surface area (Å²) in [5.74, 6) is 0.341. The molecule has 0 amide bonds. The number of phenols is 1. The van der Waals surface area contributed by atoms with Crippen LogP contribution in [0.3, 0.4) is 0 Å². The highest BCUT2D eigenvalue weighted by molar-refractivity contribution is 5.64. The zero-order chi connectivity index (χ0) is 20.4. The Kier molecular flexibility index (Phi) is 5.49. The number of hydrogen-bond acceptors (Lipinski definition) is 5. The molecule has 5 heteroatoms. The first-order chi connectivity index (χ1) is 14.0. The number of anilines is 1. The third kappa shape index (κ3) is 4.25. The molecule has 150 valence electrons. The van der Waals surface area contributed by atoms with E-state index in [-0.39, 0.29) is 0 Å². The Bertz CT molecular complexity index is 1010. The van der Waals surface area contributed by atoms with Gasteiger partial charge in [-0.3, -0.25) is 9.88 Å². The van der Waals surface area contributed by atoms with Crippen molar-refractivity contribution in [3.8, 4) is 17.0 Å². The van der Waals surface area contributed by atoms with Gasteiger partial charge in [-0.15, -0.1) is 0 Å². The molecule has 5 nitrogen and oxygen atoms in total. The molecule has 29 heavy (non-hydrogen) atoms. The number of nitrogens with zero attached hydrogens (tertiary/aromatic N) is 4. The summed E-state index contributed by atoms with van der Waals surface area (Å²) in [4.78, 5) is 13.9. The second-order valence-corrected chi connectivity index (χ2v) is 7.84. The number of rotatable bonds is 4. The minimum absolute atomic E-state index is 0.341. The smallest absolute Gasteiger partial charge is 0.120 e. The molecular weight excluding hydrogens is 360 g/mol. The fourth-order valence-electron chi connectivity index (χ4n) is 3.98. The first kappa shape index (κ1) is 19.4. The summed E-state index contributed by atoms with van der Waals surface area (Å²) in [7, 11) is 0. The van der Waals surface area contributed by atoms with Crippen molar-refractivity contribution in [3.63, 3.8) is 0 Å². The molecule has 1 aromatic heterocycles. The normalized spacial score (nSPS) is 14.9. The van der Waals surface area contributed by atoms with Crippen molar-refractivity contribution in [2.75, 3.05) is 31.1 Å². The van der Waals surface area contributed by atoms with Crippen LogP contribution < -0.4 is 4.90 Å². The lowest BCUT2D eigenvalue weighted by atomic mass is 10.0. The maximum Gasteiger partial charge on any atom is 0.120 e. The monoisotopic (exact) mass is 388 g/mol. The summed E-state index contributed by atoms with van der Waals surface area (Å²) >= 11 is 0. The van der Waals surface area contributed by atoms with Crippen LogP contribution in [0.25, 0.3) is 11.3 Å². The number of benzene rings is 2. The van der Waals surface area contributed by atoms with Crippen molar-refractivity contribution in [1.82, 2.24) is 14.9 Å². The standard InChI is InChI=1S/C24H28N4O/c1-17-6-4-5-7-22(17)28-12-10-27(11-13-28)16-21-14-20(8-9-23(21)29)24-19(3)25-15-18(2)26-24/h4-9,14-15,29H,10-13,16H2,1-3H3. The summed E-state index contributed by atoms with van der Waals surface area (Å²) in [6.45, 7) is 10.8. The molecule has 4 rings (SSSR count). The van der Waals surface area contributed by atoms with Gasteiger partial charge in [0.25, 0.3) is 0 Å². The van der Waals surface area contributed by atoms with E-state index in [9.17, 15) is 5.11 Å². The number of para-hydroxylation sites is 1. The predicted molar refractivity (Wildman–Crippen MR) is 117 cm³/mol. The van der Waals surface area contributed by atoms with Crippen LogP contribution in [0.15, 0.2) is 48.7 Å². The van der Waals surface area contributed by atoms with E-state index in [4.69, 9.17) is 0 Å². The van der Waals surface area contributed by atoms with Gasteiger partial charge in [-0.25, -0.2) is 4.98 Å². The first-order valence-electron chi connectivity index (χ1n) is 10.2. The lowest BCUT2D eigenvalue weighted by molar-refractivity contribution is 0.246. The molecule has 2 heterocycles. The van der Waals surface area contributed by atoms with Crippen molar-refractivity contribution in [3.05, 3.63) is 71.2 Å². The van der Waals surface area contributed by atoms with Gasteiger partial charge in [-0.2, -0.15) is 0 Å². The van der Waals surface area contributed by atoms with Gasteiger partial charge in [0.15, 0.2) is 0 Å². The molecule has 3 aromatic rings. The Morgan fingerprint density at radius 1 is 0.966 bits per heavy atom. The molecule has 1 fully saturated rings. The van der Waals surface area contributed by atoms with Crippen molar-refractivity contribution >= 4 is 5.69 Å². The fourth-order valence-corrected chi connectivity index (χ4v) is 3.98. The van der Waals surface area contributed by atoms with Crippen LogP contribution in [0, 0.1) is 20.8 Å². The summed E-state index contributed by atoms with van der Waals surface area (Å²) in [5, 5.41) is 10.4. The van der Waals surface area contributed by atoms with Crippen LogP contribution in [-0.4, -0.2) is 46.2 Å². The lowest BCUT2D eigenvalue weighted by Crippen LogP contribution is -2.46. The maximum atomic E-state index is 10.4. The number of phenolic OH excluding ortho intramolecular Hbond substituents is 1. The zero-order valence-corrected chi connectivity index (χ0v) is 17.4. The van der Waals surface area contributed by atoms with Crippen LogP contribution >= 0.6 is 0 Å². The Morgan fingerprint density at radius 2 is 1.72 bits per heavy atom. The van der Waals surface area contributed by atoms with Crippen molar-refractivity contribution in [2.45, 2.75) is 27.3 Å². The maximum absolute atomic E-state index is 10.4. The Hall–Kier alpha value is -2.92. The minimum atomic E-state index is 0.341. The molecule has 0 spiro atoms. The van der Waals surface area contributed by atoms with Crippen molar-refractivity contribution in [2.24, 2.45) is 0 Å². The van der Waals surface area contributed by atoms with Crippen LogP contribution in [0.1, 0.15) is 22.5 Å². The molecule has 0 radical (unpaired) electrons. The lowest BCUT2D eigenvalue weighted by Gasteiger charge is -2.37. The molecule has 1 N–H and O–H groups in total. The van der Waals surface area contributed by atoms with Gasteiger partial charge in [-0.1, -0.05) is 18.2 Å². The van der Waals surface area contributed by atoms with E-state index >= 15 is 0 Å². The largest absolute Gasteiger partial charge is 0.508 e. The minimum Gasteiger partial charge on any atom is -0.508 e. The highest BCUT2D eigenvalue weighted by Gasteiger charge is 2.19. The van der Waals surface area contributed by atoms with E-state index in [1.165, 1.54) is 11.3 Å². The van der Waals surface area contributed by atoms with Crippen molar-refractivity contribution < 1.29 is 5.11 Å². The van der Waals surface area contributed by atoms with Gasteiger partial charge in [0.2, 0.25) is 0 Å². The average Bonchev–Trinajstić information content (AvgIpc) is 2.73. The summed E-state index contributed by atoms with van der Waals surface area (Å²) in [5.41, 5.74) is 7.27. The molecule has 1 saturated heterocycles.